The number of thioether (sulfide) groups is 1. The molecule has 1 aliphatic rings. The van der Waals surface area contributed by atoms with Crippen LogP contribution in [0.1, 0.15) is 18.5 Å². The highest BCUT2D eigenvalue weighted by molar-refractivity contribution is 7.99. The summed E-state index contributed by atoms with van der Waals surface area (Å²) in [6.45, 7) is 1.43. The number of hydrogen-bond acceptors (Lipinski definition) is 4. The molecule has 0 aliphatic carbocycles. The molecule has 2 heterocycles. The van der Waals surface area contributed by atoms with Crippen LogP contribution in [-0.4, -0.2) is 23.4 Å². The summed E-state index contributed by atoms with van der Waals surface area (Å²) >= 11 is 1.76. The Morgan fingerprint density at radius 1 is 1.53 bits per heavy atom. The molecule has 3 nitrogen and oxygen atoms in total. The summed E-state index contributed by atoms with van der Waals surface area (Å²) in [6, 6.07) is 5.99. The summed E-state index contributed by atoms with van der Waals surface area (Å²) in [5, 5.41) is 1.05. The minimum Gasteiger partial charge on any atom is -0.377 e. The van der Waals surface area contributed by atoms with Gasteiger partial charge in [-0.15, -0.1) is 11.8 Å². The van der Waals surface area contributed by atoms with E-state index in [-0.39, 0.29) is 0 Å². The molecular weight excluding hydrogens is 208 g/mol. The smallest absolute Gasteiger partial charge is 0.0964 e. The first-order chi connectivity index (χ1) is 7.38. The zero-order valence-corrected chi connectivity index (χ0v) is 9.50. The van der Waals surface area contributed by atoms with Crippen molar-refractivity contribution < 1.29 is 4.74 Å². The van der Waals surface area contributed by atoms with Gasteiger partial charge < -0.3 is 10.5 Å². The second-order valence-corrected chi connectivity index (χ2v) is 4.66. The van der Waals surface area contributed by atoms with E-state index in [2.05, 4.69) is 4.98 Å². The SMILES string of the molecule is NCc1cccc(SCC2CCCO2)n1. The van der Waals surface area contributed by atoms with Crippen LogP contribution in [0.15, 0.2) is 23.2 Å². The third-order valence-electron chi connectivity index (χ3n) is 2.43. The Kier molecular flexibility index (Phi) is 4.00. The van der Waals surface area contributed by atoms with Crippen LogP contribution in [-0.2, 0) is 11.3 Å². The van der Waals surface area contributed by atoms with E-state index < -0.39 is 0 Å². The molecular formula is C11H16N2OS. The van der Waals surface area contributed by atoms with Crippen molar-refractivity contribution in [3.05, 3.63) is 23.9 Å². The van der Waals surface area contributed by atoms with Gasteiger partial charge in [-0.3, -0.25) is 0 Å². The van der Waals surface area contributed by atoms with Gasteiger partial charge >= 0.3 is 0 Å². The second kappa shape index (κ2) is 5.49. The van der Waals surface area contributed by atoms with E-state index in [0.29, 0.717) is 12.6 Å². The van der Waals surface area contributed by atoms with Crippen LogP contribution in [0.4, 0.5) is 0 Å². The molecule has 0 bridgehead atoms. The van der Waals surface area contributed by atoms with Gasteiger partial charge in [0, 0.05) is 18.9 Å². The summed E-state index contributed by atoms with van der Waals surface area (Å²) < 4.78 is 5.56. The van der Waals surface area contributed by atoms with E-state index in [1.807, 2.05) is 18.2 Å². The zero-order valence-electron chi connectivity index (χ0n) is 8.69. The van der Waals surface area contributed by atoms with Gasteiger partial charge in [-0.05, 0) is 25.0 Å². The lowest BCUT2D eigenvalue weighted by Gasteiger charge is -2.08. The molecule has 2 N–H and O–H groups in total. The monoisotopic (exact) mass is 224 g/mol. The Bertz CT molecular complexity index is 313. The van der Waals surface area contributed by atoms with E-state index in [9.17, 15) is 0 Å². The molecule has 1 fully saturated rings. The Hall–Kier alpha value is -0.580. The number of aromatic nitrogens is 1. The molecule has 1 saturated heterocycles. The molecule has 2 rings (SSSR count). The minimum atomic E-state index is 0.415. The third kappa shape index (κ3) is 3.19. The van der Waals surface area contributed by atoms with Crippen molar-refractivity contribution in [1.82, 2.24) is 4.98 Å². The highest BCUT2D eigenvalue weighted by atomic mass is 32.2. The normalized spacial score (nSPS) is 20.7. The van der Waals surface area contributed by atoms with E-state index >= 15 is 0 Å². The topological polar surface area (TPSA) is 48.1 Å². The van der Waals surface area contributed by atoms with Crippen molar-refractivity contribution in [2.75, 3.05) is 12.4 Å². The fourth-order valence-corrected chi connectivity index (χ4v) is 2.58. The van der Waals surface area contributed by atoms with Gasteiger partial charge in [0.15, 0.2) is 0 Å². The van der Waals surface area contributed by atoms with Gasteiger partial charge in [0.25, 0.3) is 0 Å². The van der Waals surface area contributed by atoms with Crippen molar-refractivity contribution >= 4 is 11.8 Å². The highest BCUT2D eigenvalue weighted by Gasteiger charge is 2.15. The van der Waals surface area contributed by atoms with Gasteiger partial charge in [-0.1, -0.05) is 6.07 Å². The number of pyridine rings is 1. The van der Waals surface area contributed by atoms with Crippen LogP contribution in [0.5, 0.6) is 0 Å². The van der Waals surface area contributed by atoms with Crippen molar-refractivity contribution in [1.29, 1.82) is 0 Å². The van der Waals surface area contributed by atoms with E-state index in [1.165, 1.54) is 12.8 Å². The van der Waals surface area contributed by atoms with Crippen LogP contribution >= 0.6 is 11.8 Å². The summed E-state index contributed by atoms with van der Waals surface area (Å²) in [6.07, 6.45) is 2.80. The molecule has 0 amide bonds. The maximum atomic E-state index is 5.56. The molecule has 82 valence electrons. The van der Waals surface area contributed by atoms with Crippen LogP contribution < -0.4 is 5.73 Å². The lowest BCUT2D eigenvalue weighted by molar-refractivity contribution is 0.129. The van der Waals surface area contributed by atoms with Gasteiger partial charge in [-0.2, -0.15) is 0 Å². The van der Waals surface area contributed by atoms with Crippen molar-refractivity contribution in [3.63, 3.8) is 0 Å². The first-order valence-electron chi connectivity index (χ1n) is 5.29. The van der Waals surface area contributed by atoms with Gasteiger partial charge in [0.1, 0.15) is 0 Å². The molecule has 4 heteroatoms. The second-order valence-electron chi connectivity index (χ2n) is 3.62. The summed E-state index contributed by atoms with van der Waals surface area (Å²) in [7, 11) is 0. The molecule has 0 radical (unpaired) electrons. The number of rotatable bonds is 4. The quantitative estimate of drug-likeness (QED) is 0.792. The van der Waals surface area contributed by atoms with Crippen molar-refractivity contribution in [2.24, 2.45) is 5.73 Å². The first-order valence-corrected chi connectivity index (χ1v) is 6.27. The van der Waals surface area contributed by atoms with Crippen LogP contribution in [0.3, 0.4) is 0 Å². The number of ether oxygens (including phenoxy) is 1. The maximum absolute atomic E-state index is 5.56. The minimum absolute atomic E-state index is 0.415. The Labute approximate surface area is 94.4 Å². The Morgan fingerprint density at radius 2 is 2.47 bits per heavy atom. The molecule has 0 aromatic carbocycles. The third-order valence-corrected chi connectivity index (χ3v) is 3.49. The van der Waals surface area contributed by atoms with Crippen LogP contribution in [0.2, 0.25) is 0 Å². The summed E-state index contributed by atoms with van der Waals surface area (Å²) in [5.41, 5.74) is 6.49. The summed E-state index contributed by atoms with van der Waals surface area (Å²) in [5.74, 6) is 1.00. The molecule has 15 heavy (non-hydrogen) atoms. The Morgan fingerprint density at radius 3 is 3.20 bits per heavy atom. The molecule has 0 saturated carbocycles. The Balaban J connectivity index is 1.86. The van der Waals surface area contributed by atoms with Gasteiger partial charge in [-0.25, -0.2) is 4.98 Å². The number of hydrogen-bond donors (Lipinski definition) is 1. The fourth-order valence-electron chi connectivity index (χ4n) is 1.61. The molecule has 1 aromatic heterocycles. The highest BCUT2D eigenvalue weighted by Crippen LogP contribution is 2.22. The predicted octanol–water partition coefficient (Wildman–Crippen LogP) is 1.81. The van der Waals surface area contributed by atoms with Crippen LogP contribution in [0, 0.1) is 0 Å². The largest absolute Gasteiger partial charge is 0.377 e. The zero-order chi connectivity index (χ0) is 10.5. The number of nitrogens with zero attached hydrogens (tertiary/aromatic N) is 1. The number of nitrogens with two attached hydrogens (primary N) is 1. The van der Waals surface area contributed by atoms with E-state index in [1.54, 1.807) is 11.8 Å². The van der Waals surface area contributed by atoms with E-state index in [0.717, 1.165) is 23.1 Å². The van der Waals surface area contributed by atoms with Crippen molar-refractivity contribution in [3.8, 4) is 0 Å². The average molecular weight is 224 g/mol. The van der Waals surface area contributed by atoms with Gasteiger partial charge in [0.2, 0.25) is 0 Å². The molecule has 1 aliphatic heterocycles. The average Bonchev–Trinajstić information content (AvgIpc) is 2.79. The predicted molar refractivity (Wildman–Crippen MR) is 61.8 cm³/mol. The lowest BCUT2D eigenvalue weighted by Crippen LogP contribution is -2.08. The fraction of sp³-hybridized carbons (Fsp3) is 0.545. The molecule has 1 unspecified atom stereocenters. The first kappa shape index (κ1) is 10.9. The van der Waals surface area contributed by atoms with E-state index in [4.69, 9.17) is 10.5 Å². The van der Waals surface area contributed by atoms with Gasteiger partial charge in [0.05, 0.1) is 16.8 Å². The standard InChI is InChI=1S/C11H16N2OS/c12-7-9-3-1-5-11(13-9)15-8-10-4-2-6-14-10/h1,3,5,10H,2,4,6-8,12H2. The summed E-state index contributed by atoms with van der Waals surface area (Å²) in [4.78, 5) is 4.43. The molecule has 1 atom stereocenters. The van der Waals surface area contributed by atoms with Crippen molar-refractivity contribution in [2.45, 2.75) is 30.5 Å². The molecule has 1 aromatic rings. The maximum Gasteiger partial charge on any atom is 0.0964 e. The van der Waals surface area contributed by atoms with Crippen LogP contribution in [0.25, 0.3) is 0 Å². The lowest BCUT2D eigenvalue weighted by atomic mass is 10.3. The molecule has 0 spiro atoms.